The zero-order valence-electron chi connectivity index (χ0n) is 10.7. The summed E-state index contributed by atoms with van der Waals surface area (Å²) in [5.74, 6) is 1.02. The minimum absolute atomic E-state index is 0.444. The van der Waals surface area contributed by atoms with E-state index in [2.05, 4.69) is 17.4 Å². The van der Waals surface area contributed by atoms with E-state index < -0.39 is 0 Å². The number of anilines is 1. The summed E-state index contributed by atoms with van der Waals surface area (Å²) >= 11 is 0. The Hall–Kier alpha value is -1.44. The van der Waals surface area contributed by atoms with Gasteiger partial charge in [-0.1, -0.05) is 12.8 Å². The Balaban J connectivity index is 1.66. The van der Waals surface area contributed by atoms with Crippen LogP contribution in [0, 0.1) is 5.92 Å². The molecule has 0 aromatic heterocycles. The van der Waals surface area contributed by atoms with Crippen molar-refractivity contribution in [2.24, 2.45) is 5.92 Å². The number of benzene rings is 1. The van der Waals surface area contributed by atoms with E-state index in [4.69, 9.17) is 0 Å². The van der Waals surface area contributed by atoms with Crippen LogP contribution in [-0.2, 0) is 0 Å². The molecule has 3 rings (SSSR count). The predicted molar refractivity (Wildman–Crippen MR) is 75.7 cm³/mol. The van der Waals surface area contributed by atoms with E-state index in [1.54, 1.807) is 0 Å². The fourth-order valence-electron chi connectivity index (χ4n) is 2.64. The van der Waals surface area contributed by atoms with E-state index >= 15 is 0 Å². The molecule has 2 aliphatic carbocycles. The van der Waals surface area contributed by atoms with Crippen LogP contribution in [0.15, 0.2) is 30.3 Å². The summed E-state index contributed by atoms with van der Waals surface area (Å²) < 4.78 is 0. The minimum Gasteiger partial charge on any atom is -0.508 e. The molecule has 2 heteroatoms. The van der Waals surface area contributed by atoms with Gasteiger partial charge in [-0.3, -0.25) is 0 Å². The molecule has 0 unspecified atom stereocenters. The first-order chi connectivity index (χ1) is 8.81. The first-order valence-electron chi connectivity index (χ1n) is 7.09. The van der Waals surface area contributed by atoms with E-state index in [0.29, 0.717) is 17.7 Å². The molecule has 1 aromatic carbocycles. The molecule has 0 atom stereocenters. The zero-order chi connectivity index (χ0) is 12.4. The van der Waals surface area contributed by atoms with Crippen LogP contribution in [0.3, 0.4) is 0 Å². The normalized spacial score (nSPS) is 21.2. The van der Waals surface area contributed by atoms with Gasteiger partial charge in [0.2, 0.25) is 0 Å². The quantitative estimate of drug-likeness (QED) is 0.770. The van der Waals surface area contributed by atoms with Gasteiger partial charge in [0.05, 0.1) is 0 Å². The van der Waals surface area contributed by atoms with Crippen molar-refractivity contribution < 1.29 is 5.11 Å². The standard InChI is InChI=1S/C16H21NO/c18-16(11-12-3-1-2-4-12)13-5-7-14(8-6-13)17-15-9-10-15/h5-8,11-12,15,17-18H,1-4,9-10H2/b16-11+. The van der Waals surface area contributed by atoms with Crippen LogP contribution in [0.1, 0.15) is 44.1 Å². The smallest absolute Gasteiger partial charge is 0.119 e. The van der Waals surface area contributed by atoms with Gasteiger partial charge in [-0.05, 0) is 61.9 Å². The highest BCUT2D eigenvalue weighted by Crippen LogP contribution is 2.29. The molecule has 2 nitrogen and oxygen atoms in total. The number of aliphatic hydroxyl groups is 1. The Labute approximate surface area is 109 Å². The lowest BCUT2D eigenvalue weighted by atomic mass is 10.0. The molecule has 0 saturated heterocycles. The first kappa shape index (κ1) is 11.6. The van der Waals surface area contributed by atoms with Gasteiger partial charge in [0.15, 0.2) is 0 Å². The predicted octanol–water partition coefficient (Wildman–Crippen LogP) is 4.35. The number of hydrogen-bond acceptors (Lipinski definition) is 2. The number of allylic oxidation sites excluding steroid dienone is 1. The van der Waals surface area contributed by atoms with Gasteiger partial charge >= 0.3 is 0 Å². The molecule has 0 bridgehead atoms. The zero-order valence-corrected chi connectivity index (χ0v) is 10.7. The van der Waals surface area contributed by atoms with Crippen molar-refractivity contribution in [3.63, 3.8) is 0 Å². The third kappa shape index (κ3) is 2.87. The molecule has 0 amide bonds. The Bertz CT molecular complexity index is 425. The molecule has 0 aliphatic heterocycles. The molecular formula is C16H21NO. The summed E-state index contributed by atoms with van der Waals surface area (Å²) in [4.78, 5) is 0. The maximum absolute atomic E-state index is 10.1. The molecule has 18 heavy (non-hydrogen) atoms. The molecule has 0 heterocycles. The second-order valence-corrected chi connectivity index (χ2v) is 5.59. The van der Waals surface area contributed by atoms with E-state index in [-0.39, 0.29) is 0 Å². The summed E-state index contributed by atoms with van der Waals surface area (Å²) in [6.45, 7) is 0. The topological polar surface area (TPSA) is 32.3 Å². The average molecular weight is 243 g/mol. The second-order valence-electron chi connectivity index (χ2n) is 5.59. The van der Waals surface area contributed by atoms with Crippen LogP contribution in [-0.4, -0.2) is 11.1 Å². The van der Waals surface area contributed by atoms with Gasteiger partial charge < -0.3 is 10.4 Å². The summed E-state index contributed by atoms with van der Waals surface area (Å²) in [6.07, 6.45) is 9.67. The Kier molecular flexibility index (Phi) is 3.26. The molecule has 0 radical (unpaired) electrons. The summed E-state index contributed by atoms with van der Waals surface area (Å²) in [6, 6.07) is 8.81. The van der Waals surface area contributed by atoms with Crippen molar-refractivity contribution in [1.29, 1.82) is 0 Å². The Morgan fingerprint density at radius 1 is 1.06 bits per heavy atom. The van der Waals surface area contributed by atoms with Gasteiger partial charge in [0.1, 0.15) is 5.76 Å². The van der Waals surface area contributed by atoms with Gasteiger partial charge in [-0.15, -0.1) is 0 Å². The van der Waals surface area contributed by atoms with Gasteiger partial charge in [-0.2, -0.15) is 0 Å². The number of rotatable bonds is 4. The van der Waals surface area contributed by atoms with Crippen molar-refractivity contribution in [1.82, 2.24) is 0 Å². The van der Waals surface area contributed by atoms with Gasteiger partial charge in [0, 0.05) is 17.3 Å². The van der Waals surface area contributed by atoms with Crippen LogP contribution in [0.2, 0.25) is 0 Å². The second kappa shape index (κ2) is 5.05. The lowest BCUT2D eigenvalue weighted by Crippen LogP contribution is -2.00. The molecule has 2 aliphatic rings. The third-order valence-electron chi connectivity index (χ3n) is 3.92. The first-order valence-corrected chi connectivity index (χ1v) is 7.09. The largest absolute Gasteiger partial charge is 0.508 e. The maximum atomic E-state index is 10.1. The van der Waals surface area contributed by atoms with Crippen molar-refractivity contribution in [3.8, 4) is 0 Å². The Morgan fingerprint density at radius 2 is 1.72 bits per heavy atom. The van der Waals surface area contributed by atoms with Crippen LogP contribution in [0.25, 0.3) is 5.76 Å². The van der Waals surface area contributed by atoms with Crippen LogP contribution in [0.5, 0.6) is 0 Å². The van der Waals surface area contributed by atoms with Crippen molar-refractivity contribution in [2.45, 2.75) is 44.6 Å². The van der Waals surface area contributed by atoms with E-state index in [9.17, 15) is 5.11 Å². The third-order valence-corrected chi connectivity index (χ3v) is 3.92. The fourth-order valence-corrected chi connectivity index (χ4v) is 2.64. The van der Waals surface area contributed by atoms with Gasteiger partial charge in [0.25, 0.3) is 0 Å². The van der Waals surface area contributed by atoms with Crippen LogP contribution < -0.4 is 5.32 Å². The number of aliphatic hydroxyl groups excluding tert-OH is 1. The SMILES string of the molecule is O/C(=C/C1CCCC1)c1ccc(NC2CC2)cc1. The van der Waals surface area contributed by atoms with Crippen molar-refractivity contribution in [3.05, 3.63) is 35.9 Å². The van der Waals surface area contributed by atoms with Gasteiger partial charge in [-0.25, -0.2) is 0 Å². The minimum atomic E-state index is 0.444. The maximum Gasteiger partial charge on any atom is 0.119 e. The molecule has 2 fully saturated rings. The molecule has 1 aromatic rings. The van der Waals surface area contributed by atoms with E-state index in [1.165, 1.54) is 38.5 Å². The monoisotopic (exact) mass is 243 g/mol. The van der Waals surface area contributed by atoms with Crippen LogP contribution >= 0.6 is 0 Å². The highest BCUT2D eigenvalue weighted by molar-refractivity contribution is 5.61. The fraction of sp³-hybridized carbons (Fsp3) is 0.500. The summed E-state index contributed by atoms with van der Waals surface area (Å²) in [5.41, 5.74) is 2.10. The molecular weight excluding hydrogens is 222 g/mol. The Morgan fingerprint density at radius 3 is 2.33 bits per heavy atom. The van der Waals surface area contributed by atoms with E-state index in [1.807, 2.05) is 18.2 Å². The lowest BCUT2D eigenvalue weighted by molar-refractivity contribution is 0.502. The lowest BCUT2D eigenvalue weighted by Gasteiger charge is -2.07. The molecule has 2 saturated carbocycles. The van der Waals surface area contributed by atoms with E-state index in [0.717, 1.165) is 11.3 Å². The number of hydrogen-bond donors (Lipinski definition) is 2. The van der Waals surface area contributed by atoms with Crippen LogP contribution in [0.4, 0.5) is 5.69 Å². The molecule has 2 N–H and O–H groups in total. The highest BCUT2D eigenvalue weighted by Gasteiger charge is 2.20. The van der Waals surface area contributed by atoms with Crippen molar-refractivity contribution >= 4 is 11.4 Å². The molecule has 0 spiro atoms. The number of nitrogens with one attached hydrogen (secondary N) is 1. The summed E-state index contributed by atoms with van der Waals surface area (Å²) in [5, 5.41) is 13.6. The molecule has 96 valence electrons. The van der Waals surface area contributed by atoms with Crippen molar-refractivity contribution in [2.75, 3.05) is 5.32 Å². The highest BCUT2D eigenvalue weighted by atomic mass is 16.3. The summed E-state index contributed by atoms with van der Waals surface area (Å²) in [7, 11) is 0. The average Bonchev–Trinajstić information content (AvgIpc) is 3.04.